The number of halogens is 8. The minimum atomic E-state index is -4.63. The largest absolute Gasteiger partial charge is 0.459 e. The summed E-state index contributed by atoms with van der Waals surface area (Å²) in [6.45, 7) is 1.25. The van der Waals surface area contributed by atoms with Crippen molar-refractivity contribution >= 4 is 23.3 Å². The van der Waals surface area contributed by atoms with Gasteiger partial charge in [0, 0.05) is 7.11 Å². The summed E-state index contributed by atoms with van der Waals surface area (Å²) in [7, 11) is 1.08. The first-order chi connectivity index (χ1) is 15.3. The Morgan fingerprint density at radius 3 is 1.94 bits per heavy atom. The summed E-state index contributed by atoms with van der Waals surface area (Å²) in [5, 5.41) is 2.28. The molecule has 182 valence electrons. The molecule has 1 unspecified atom stereocenters. The molecule has 0 bridgehead atoms. The molecule has 1 atom stereocenters. The molecule has 0 aliphatic carbocycles. The van der Waals surface area contributed by atoms with E-state index in [4.69, 9.17) is 16.3 Å². The molecular weight excluding hydrogens is 483 g/mol. The van der Waals surface area contributed by atoms with Gasteiger partial charge in [0.2, 0.25) is 0 Å². The maximum absolute atomic E-state index is 14.2. The molecule has 2 rings (SSSR count). The molecule has 0 heterocycles. The highest BCUT2D eigenvalue weighted by Crippen LogP contribution is 2.34. The van der Waals surface area contributed by atoms with Gasteiger partial charge in [0.15, 0.2) is 23.3 Å². The molecule has 4 nitrogen and oxygen atoms in total. The van der Waals surface area contributed by atoms with Crippen LogP contribution in [0.4, 0.5) is 36.4 Å². The molecule has 0 aromatic heterocycles. The lowest BCUT2D eigenvalue weighted by molar-refractivity contribution is -0.147. The van der Waals surface area contributed by atoms with Crippen molar-refractivity contribution in [2.24, 2.45) is 5.92 Å². The van der Waals surface area contributed by atoms with Crippen LogP contribution in [-0.4, -0.2) is 19.1 Å². The smallest absolute Gasteiger partial charge is 0.416 e. The van der Waals surface area contributed by atoms with Gasteiger partial charge in [0.1, 0.15) is 12.6 Å². The van der Waals surface area contributed by atoms with Gasteiger partial charge in [-0.05, 0) is 24.1 Å². The minimum Gasteiger partial charge on any atom is -0.459 e. The number of hydrogen-bond acceptors (Lipinski definition) is 4. The molecule has 0 amide bonds. The van der Waals surface area contributed by atoms with Crippen LogP contribution in [0.5, 0.6) is 0 Å². The fraction of sp³-hybridized carbons (Fsp3) is 0.381. The quantitative estimate of drug-likeness (QED) is 0.264. The molecule has 0 saturated heterocycles. The number of rotatable bonds is 8. The van der Waals surface area contributed by atoms with Crippen molar-refractivity contribution in [3.8, 4) is 0 Å². The third-order valence-electron chi connectivity index (χ3n) is 4.62. The lowest BCUT2D eigenvalue weighted by Gasteiger charge is -2.23. The van der Waals surface area contributed by atoms with Crippen LogP contribution in [0.1, 0.15) is 30.5 Å². The van der Waals surface area contributed by atoms with Gasteiger partial charge in [-0.3, -0.25) is 0 Å². The van der Waals surface area contributed by atoms with Gasteiger partial charge in [-0.2, -0.15) is 13.2 Å². The Morgan fingerprint density at radius 2 is 1.52 bits per heavy atom. The van der Waals surface area contributed by atoms with Gasteiger partial charge >= 0.3 is 12.1 Å². The van der Waals surface area contributed by atoms with Crippen LogP contribution in [-0.2, 0) is 33.7 Å². The van der Waals surface area contributed by atoms with Crippen LogP contribution in [0.25, 0.3) is 0 Å². The average molecular weight is 502 g/mol. The molecule has 0 spiro atoms. The molecule has 2 aromatic carbocycles. The monoisotopic (exact) mass is 501 g/mol. The number of anilines is 1. The van der Waals surface area contributed by atoms with E-state index in [1.165, 1.54) is 0 Å². The molecular formula is C21H19ClF7NO3. The van der Waals surface area contributed by atoms with Crippen molar-refractivity contribution in [2.45, 2.75) is 39.3 Å². The number of ether oxygens (including phenoxy) is 2. The van der Waals surface area contributed by atoms with Crippen molar-refractivity contribution in [2.75, 3.05) is 12.4 Å². The van der Waals surface area contributed by atoms with Gasteiger partial charge in [-0.1, -0.05) is 25.4 Å². The summed E-state index contributed by atoms with van der Waals surface area (Å²) < 4.78 is 104. The second-order valence-corrected chi connectivity index (χ2v) is 7.72. The Hall–Kier alpha value is -2.53. The Morgan fingerprint density at radius 1 is 1.00 bits per heavy atom. The van der Waals surface area contributed by atoms with Gasteiger partial charge in [-0.25, -0.2) is 22.4 Å². The van der Waals surface area contributed by atoms with Crippen LogP contribution in [0, 0.1) is 29.2 Å². The van der Waals surface area contributed by atoms with Gasteiger partial charge in [0.25, 0.3) is 0 Å². The molecule has 0 saturated carbocycles. The minimum absolute atomic E-state index is 0.0290. The summed E-state index contributed by atoms with van der Waals surface area (Å²) in [4.78, 5) is 12.5. The fourth-order valence-electron chi connectivity index (χ4n) is 2.83. The SMILES string of the molecule is COCc1c(F)c(F)c(COC(=O)C(Nc2ccc(C(F)(F)F)cc2Cl)C(C)C)c(F)c1F. The van der Waals surface area contributed by atoms with E-state index in [-0.39, 0.29) is 10.7 Å². The van der Waals surface area contributed by atoms with Crippen molar-refractivity contribution in [1.82, 2.24) is 0 Å². The second-order valence-electron chi connectivity index (χ2n) is 7.31. The van der Waals surface area contributed by atoms with Crippen molar-refractivity contribution in [3.05, 3.63) is 63.2 Å². The number of methoxy groups -OCH3 is 1. The van der Waals surface area contributed by atoms with Crippen molar-refractivity contribution < 1.29 is 45.0 Å². The first kappa shape index (κ1) is 26.7. The normalized spacial score (nSPS) is 12.7. The Labute approximate surface area is 189 Å². The summed E-state index contributed by atoms with van der Waals surface area (Å²) in [6.07, 6.45) is -4.63. The number of esters is 1. The molecule has 12 heteroatoms. The predicted molar refractivity (Wildman–Crippen MR) is 105 cm³/mol. The Balaban J connectivity index is 2.23. The molecule has 0 aliphatic heterocycles. The zero-order chi connectivity index (χ0) is 25.1. The van der Waals surface area contributed by atoms with E-state index >= 15 is 0 Å². The molecule has 0 radical (unpaired) electrons. The van der Waals surface area contributed by atoms with Crippen molar-refractivity contribution in [1.29, 1.82) is 0 Å². The van der Waals surface area contributed by atoms with E-state index in [0.717, 1.165) is 19.2 Å². The first-order valence-corrected chi connectivity index (χ1v) is 9.79. The third kappa shape index (κ3) is 6.08. The molecule has 2 aromatic rings. The fourth-order valence-corrected chi connectivity index (χ4v) is 3.06. The summed E-state index contributed by atoms with van der Waals surface area (Å²) >= 11 is 5.87. The molecule has 33 heavy (non-hydrogen) atoms. The van der Waals surface area contributed by atoms with E-state index in [2.05, 4.69) is 10.1 Å². The lowest BCUT2D eigenvalue weighted by atomic mass is 10.0. The third-order valence-corrected chi connectivity index (χ3v) is 4.93. The van der Waals surface area contributed by atoms with Crippen molar-refractivity contribution in [3.63, 3.8) is 0 Å². The van der Waals surface area contributed by atoms with E-state index in [0.29, 0.717) is 6.07 Å². The van der Waals surface area contributed by atoms with Gasteiger partial charge in [0.05, 0.1) is 34.0 Å². The Kier molecular flexibility index (Phi) is 8.58. The summed E-state index contributed by atoms with van der Waals surface area (Å²) in [6, 6.07) is 1.19. The van der Waals surface area contributed by atoms with Gasteiger partial charge < -0.3 is 14.8 Å². The van der Waals surface area contributed by atoms with Crippen LogP contribution in [0.2, 0.25) is 5.02 Å². The zero-order valence-electron chi connectivity index (χ0n) is 17.5. The second kappa shape index (κ2) is 10.6. The number of benzene rings is 2. The first-order valence-electron chi connectivity index (χ1n) is 9.42. The maximum Gasteiger partial charge on any atom is 0.416 e. The predicted octanol–water partition coefficient (Wildman–Crippen LogP) is 6.24. The highest BCUT2D eigenvalue weighted by molar-refractivity contribution is 6.33. The number of carbonyl (C=O) groups is 1. The molecule has 0 aliphatic rings. The van der Waals surface area contributed by atoms with Crippen LogP contribution < -0.4 is 5.32 Å². The summed E-state index contributed by atoms with van der Waals surface area (Å²) in [5.74, 6) is -8.46. The number of carbonyl (C=O) groups excluding carboxylic acids is 1. The number of alkyl halides is 3. The van der Waals surface area contributed by atoms with Crippen LogP contribution in [0.3, 0.4) is 0 Å². The zero-order valence-corrected chi connectivity index (χ0v) is 18.3. The maximum atomic E-state index is 14.2. The number of nitrogens with one attached hydrogen (secondary N) is 1. The van der Waals surface area contributed by atoms with E-state index in [1.807, 2.05) is 0 Å². The summed E-state index contributed by atoms with van der Waals surface area (Å²) in [5.41, 5.74) is -3.14. The molecule has 1 N–H and O–H groups in total. The average Bonchev–Trinajstić information content (AvgIpc) is 2.73. The highest BCUT2D eigenvalue weighted by atomic mass is 35.5. The van der Waals surface area contributed by atoms with Crippen LogP contribution in [0.15, 0.2) is 18.2 Å². The van der Waals surface area contributed by atoms with E-state index < -0.39 is 77.3 Å². The Bertz CT molecular complexity index is 999. The number of hydrogen-bond donors (Lipinski definition) is 1. The van der Waals surface area contributed by atoms with Gasteiger partial charge in [-0.15, -0.1) is 0 Å². The standard InChI is InChI=1S/C21H19ClF7NO3/c1-9(2)19(30-14-5-4-10(6-13(14)22)21(27,28)29)20(31)33-8-12-17(25)15(23)11(7-32-3)16(24)18(12)26/h4-6,9,19,30H,7-8H2,1-3H3. The molecule has 0 fully saturated rings. The van der Waals surface area contributed by atoms with E-state index in [1.54, 1.807) is 13.8 Å². The topological polar surface area (TPSA) is 47.6 Å². The van der Waals surface area contributed by atoms with Crippen LogP contribution >= 0.6 is 11.6 Å². The lowest BCUT2D eigenvalue weighted by Crippen LogP contribution is -2.36. The van der Waals surface area contributed by atoms with E-state index in [9.17, 15) is 35.5 Å². The highest BCUT2D eigenvalue weighted by Gasteiger charge is 2.32.